The lowest BCUT2D eigenvalue weighted by molar-refractivity contribution is 0.553. The number of rotatable bonds is 1. The van der Waals surface area contributed by atoms with E-state index in [0.717, 1.165) is 23.4 Å². The number of aromatic nitrogens is 2. The fourth-order valence-corrected chi connectivity index (χ4v) is 2.60. The van der Waals surface area contributed by atoms with Crippen LogP contribution in [0, 0.1) is 0 Å². The summed E-state index contributed by atoms with van der Waals surface area (Å²) in [6, 6.07) is 0. The van der Waals surface area contributed by atoms with Crippen molar-refractivity contribution in [3.05, 3.63) is 16.0 Å². The highest BCUT2D eigenvalue weighted by Gasteiger charge is 2.15. The van der Waals surface area contributed by atoms with Crippen LogP contribution in [0.3, 0.4) is 0 Å². The lowest BCUT2D eigenvalue weighted by atomic mass is 10.1. The van der Waals surface area contributed by atoms with Gasteiger partial charge in [0, 0.05) is 13.1 Å². The Morgan fingerprint density at radius 3 is 2.38 bits per heavy atom. The monoisotopic (exact) mass is 303 g/mol. The van der Waals surface area contributed by atoms with Gasteiger partial charge in [-0.1, -0.05) is 30.9 Å². The summed E-state index contributed by atoms with van der Waals surface area (Å²) < 4.78 is 0.817. The smallest absolute Gasteiger partial charge is 0.148 e. The molecule has 1 fully saturated rings. The van der Waals surface area contributed by atoms with Gasteiger partial charge < -0.3 is 4.90 Å². The van der Waals surface area contributed by atoms with Crippen LogP contribution in [0.15, 0.2) is 10.8 Å². The zero-order valence-electron chi connectivity index (χ0n) is 9.12. The number of halogens is 2. The highest BCUT2D eigenvalue weighted by molar-refractivity contribution is 9.10. The molecular weight excluding hydrogens is 289 g/mol. The average Bonchev–Trinajstić information content (AvgIpc) is 2.23. The Kier molecular flexibility index (Phi) is 4.41. The molecule has 2 heterocycles. The van der Waals surface area contributed by atoms with Gasteiger partial charge in [-0.05, 0) is 28.8 Å². The average molecular weight is 305 g/mol. The Morgan fingerprint density at radius 1 is 1.06 bits per heavy atom. The van der Waals surface area contributed by atoms with E-state index in [4.69, 9.17) is 11.6 Å². The molecule has 3 nitrogen and oxygen atoms in total. The van der Waals surface area contributed by atoms with Gasteiger partial charge in [0.1, 0.15) is 17.3 Å². The molecule has 0 unspecified atom stereocenters. The molecule has 1 aliphatic rings. The lowest BCUT2D eigenvalue weighted by Crippen LogP contribution is -2.28. The summed E-state index contributed by atoms with van der Waals surface area (Å²) in [7, 11) is 0. The molecule has 0 radical (unpaired) electrons. The molecule has 0 aliphatic carbocycles. The fourth-order valence-electron chi connectivity index (χ4n) is 2.02. The minimum absolute atomic E-state index is 0.493. The van der Waals surface area contributed by atoms with Gasteiger partial charge in [-0.25, -0.2) is 9.97 Å². The maximum atomic E-state index is 5.98. The third-order valence-electron chi connectivity index (χ3n) is 2.88. The van der Waals surface area contributed by atoms with E-state index in [0.29, 0.717) is 5.15 Å². The van der Waals surface area contributed by atoms with E-state index in [1.54, 1.807) is 0 Å². The first-order valence-corrected chi connectivity index (χ1v) is 6.87. The van der Waals surface area contributed by atoms with Crippen molar-refractivity contribution in [2.75, 3.05) is 18.0 Å². The van der Waals surface area contributed by atoms with E-state index in [1.165, 1.54) is 38.4 Å². The van der Waals surface area contributed by atoms with Gasteiger partial charge in [0.05, 0.1) is 4.47 Å². The molecule has 1 aromatic heterocycles. The standard InChI is InChI=1S/C11H15BrClN3/c12-9-10(13)14-8-15-11(9)16-6-4-2-1-3-5-7-16/h8H,1-7H2. The normalized spacial score (nSPS) is 18.0. The van der Waals surface area contributed by atoms with Gasteiger partial charge in [0.15, 0.2) is 0 Å². The van der Waals surface area contributed by atoms with Crippen molar-refractivity contribution in [2.24, 2.45) is 0 Å². The topological polar surface area (TPSA) is 29.0 Å². The molecule has 0 amide bonds. The van der Waals surface area contributed by atoms with Gasteiger partial charge in [-0.15, -0.1) is 0 Å². The molecule has 0 saturated carbocycles. The number of anilines is 1. The van der Waals surface area contributed by atoms with Crippen LogP contribution in [-0.2, 0) is 0 Å². The van der Waals surface area contributed by atoms with Gasteiger partial charge in [-0.3, -0.25) is 0 Å². The highest BCUT2D eigenvalue weighted by atomic mass is 79.9. The summed E-state index contributed by atoms with van der Waals surface area (Å²) in [6.07, 6.45) is 7.97. The molecule has 16 heavy (non-hydrogen) atoms. The zero-order valence-corrected chi connectivity index (χ0v) is 11.5. The molecule has 0 atom stereocenters. The van der Waals surface area contributed by atoms with Crippen LogP contribution in [0.1, 0.15) is 32.1 Å². The second-order valence-corrected chi connectivity index (χ2v) is 5.21. The van der Waals surface area contributed by atoms with Crippen molar-refractivity contribution in [1.29, 1.82) is 0 Å². The third kappa shape index (κ3) is 2.86. The predicted molar refractivity (Wildman–Crippen MR) is 70.0 cm³/mol. The summed E-state index contributed by atoms with van der Waals surface area (Å²) in [4.78, 5) is 10.6. The quantitative estimate of drug-likeness (QED) is 0.741. The van der Waals surface area contributed by atoms with Crippen molar-refractivity contribution in [1.82, 2.24) is 9.97 Å². The van der Waals surface area contributed by atoms with Crippen LogP contribution >= 0.6 is 27.5 Å². The van der Waals surface area contributed by atoms with E-state index in [1.807, 2.05) is 0 Å². The Morgan fingerprint density at radius 2 is 1.69 bits per heavy atom. The molecular formula is C11H15BrClN3. The van der Waals surface area contributed by atoms with Crippen LogP contribution in [0.2, 0.25) is 5.15 Å². The lowest BCUT2D eigenvalue weighted by Gasteiger charge is -2.26. The predicted octanol–water partition coefficient (Wildman–Crippen LogP) is 3.66. The van der Waals surface area contributed by atoms with Crippen LogP contribution in [0.25, 0.3) is 0 Å². The van der Waals surface area contributed by atoms with Crippen molar-refractivity contribution in [2.45, 2.75) is 32.1 Å². The summed E-state index contributed by atoms with van der Waals surface area (Å²) >= 11 is 9.44. The van der Waals surface area contributed by atoms with E-state index in [9.17, 15) is 0 Å². The largest absolute Gasteiger partial charge is 0.356 e. The summed E-state index contributed by atoms with van der Waals surface area (Å²) in [5, 5.41) is 0.493. The van der Waals surface area contributed by atoms with E-state index in [2.05, 4.69) is 30.8 Å². The van der Waals surface area contributed by atoms with Gasteiger partial charge in [0.2, 0.25) is 0 Å². The van der Waals surface area contributed by atoms with E-state index >= 15 is 0 Å². The van der Waals surface area contributed by atoms with Gasteiger partial charge in [0.25, 0.3) is 0 Å². The van der Waals surface area contributed by atoms with Crippen LogP contribution in [-0.4, -0.2) is 23.1 Å². The summed E-state index contributed by atoms with van der Waals surface area (Å²) in [6.45, 7) is 2.12. The first-order chi connectivity index (χ1) is 7.79. The SMILES string of the molecule is Clc1ncnc(N2CCCCCCC2)c1Br. The Hall–Kier alpha value is -0.350. The molecule has 1 aromatic rings. The van der Waals surface area contributed by atoms with Crippen molar-refractivity contribution >= 4 is 33.3 Å². The Balaban J connectivity index is 2.17. The highest BCUT2D eigenvalue weighted by Crippen LogP contribution is 2.30. The summed E-state index contributed by atoms with van der Waals surface area (Å²) in [5.74, 6) is 0.932. The van der Waals surface area contributed by atoms with Crippen LogP contribution < -0.4 is 4.90 Å². The maximum Gasteiger partial charge on any atom is 0.148 e. The third-order valence-corrected chi connectivity index (χ3v) is 4.13. The molecule has 88 valence electrons. The second-order valence-electron chi connectivity index (χ2n) is 4.06. The van der Waals surface area contributed by atoms with E-state index < -0.39 is 0 Å². The number of nitrogens with zero attached hydrogens (tertiary/aromatic N) is 3. The molecule has 0 bridgehead atoms. The van der Waals surface area contributed by atoms with E-state index in [-0.39, 0.29) is 0 Å². The second kappa shape index (κ2) is 5.82. The molecule has 0 spiro atoms. The number of hydrogen-bond donors (Lipinski definition) is 0. The first-order valence-electron chi connectivity index (χ1n) is 5.70. The molecule has 1 saturated heterocycles. The van der Waals surface area contributed by atoms with Crippen molar-refractivity contribution in [3.8, 4) is 0 Å². The minimum atomic E-state index is 0.493. The Labute approximate surface area is 109 Å². The minimum Gasteiger partial charge on any atom is -0.356 e. The van der Waals surface area contributed by atoms with Crippen molar-refractivity contribution in [3.63, 3.8) is 0 Å². The zero-order chi connectivity index (χ0) is 11.4. The van der Waals surface area contributed by atoms with Gasteiger partial charge in [-0.2, -0.15) is 0 Å². The molecule has 0 aromatic carbocycles. The molecule has 2 rings (SSSR count). The molecule has 0 N–H and O–H groups in total. The maximum absolute atomic E-state index is 5.98. The molecule has 5 heteroatoms. The van der Waals surface area contributed by atoms with Gasteiger partial charge >= 0.3 is 0 Å². The summed E-state index contributed by atoms with van der Waals surface area (Å²) in [5.41, 5.74) is 0. The molecule has 1 aliphatic heterocycles. The van der Waals surface area contributed by atoms with Crippen LogP contribution in [0.4, 0.5) is 5.82 Å². The first kappa shape index (κ1) is 12.1. The van der Waals surface area contributed by atoms with Crippen LogP contribution in [0.5, 0.6) is 0 Å². The number of hydrogen-bond acceptors (Lipinski definition) is 3. The Bertz CT molecular complexity index is 351. The fraction of sp³-hybridized carbons (Fsp3) is 0.636. The van der Waals surface area contributed by atoms with Crippen molar-refractivity contribution < 1.29 is 0 Å².